The fraction of sp³-hybridized carbons (Fsp3) is 0.733. The number of nitrogens with one attached hydrogen (secondary N) is 3. The third kappa shape index (κ3) is 7.76. The van der Waals surface area contributed by atoms with E-state index in [2.05, 4.69) is 10.6 Å². The Labute approximate surface area is 151 Å². The molecule has 0 saturated carbocycles. The van der Waals surface area contributed by atoms with Gasteiger partial charge in [-0.25, -0.2) is 4.79 Å². The first-order valence-electron chi connectivity index (χ1n) is 8.19. The van der Waals surface area contributed by atoms with Gasteiger partial charge in [-0.3, -0.25) is 14.4 Å². The summed E-state index contributed by atoms with van der Waals surface area (Å²) in [7, 11) is 0. The van der Waals surface area contributed by atoms with Gasteiger partial charge in [-0.2, -0.15) is 0 Å². The maximum absolute atomic E-state index is 12.3. The van der Waals surface area contributed by atoms with Crippen LogP contribution in [-0.4, -0.2) is 76.4 Å². The summed E-state index contributed by atoms with van der Waals surface area (Å²) in [6.45, 7) is 3.53. The van der Waals surface area contributed by atoms with Crippen molar-refractivity contribution in [3.63, 3.8) is 0 Å². The van der Waals surface area contributed by atoms with Crippen LogP contribution in [-0.2, 0) is 19.2 Å². The fourth-order valence-corrected chi connectivity index (χ4v) is 1.88. The van der Waals surface area contributed by atoms with Gasteiger partial charge in [0.05, 0.1) is 19.3 Å². The molecular formula is C15H28N4O7. The van der Waals surface area contributed by atoms with Crippen molar-refractivity contribution in [1.82, 2.24) is 16.0 Å². The van der Waals surface area contributed by atoms with Crippen LogP contribution in [0.5, 0.6) is 0 Å². The molecule has 0 unspecified atom stereocenters. The van der Waals surface area contributed by atoms with Crippen molar-refractivity contribution >= 4 is 23.7 Å². The molecule has 0 aromatic rings. The van der Waals surface area contributed by atoms with Crippen molar-refractivity contribution in [2.24, 2.45) is 11.7 Å². The number of carboxylic acids is 1. The van der Waals surface area contributed by atoms with Crippen LogP contribution in [0.2, 0.25) is 0 Å². The second-order valence-corrected chi connectivity index (χ2v) is 6.00. The number of rotatable bonds is 11. The molecule has 0 aliphatic carbocycles. The quantitative estimate of drug-likeness (QED) is 0.197. The van der Waals surface area contributed by atoms with E-state index in [1.54, 1.807) is 13.8 Å². The highest BCUT2D eigenvalue weighted by Gasteiger charge is 2.29. The van der Waals surface area contributed by atoms with Crippen molar-refractivity contribution in [2.45, 2.75) is 51.4 Å². The number of hydrogen-bond acceptors (Lipinski definition) is 7. The van der Waals surface area contributed by atoms with E-state index >= 15 is 0 Å². The summed E-state index contributed by atoms with van der Waals surface area (Å²) in [6, 6.07) is -3.68. The first-order valence-corrected chi connectivity index (χ1v) is 8.19. The number of aliphatic carboxylic acids is 1. The number of hydrogen-bond donors (Lipinski definition) is 7. The fourth-order valence-electron chi connectivity index (χ4n) is 1.88. The van der Waals surface area contributed by atoms with E-state index in [0.29, 0.717) is 6.42 Å². The van der Waals surface area contributed by atoms with Crippen LogP contribution in [0.3, 0.4) is 0 Å². The molecule has 3 amide bonds. The molecular weight excluding hydrogens is 348 g/mol. The summed E-state index contributed by atoms with van der Waals surface area (Å²) in [5.74, 6) is -3.88. The molecule has 0 saturated heterocycles. The third-order valence-corrected chi connectivity index (χ3v) is 3.85. The maximum atomic E-state index is 12.3. The number of aliphatic hydroxyl groups excluding tert-OH is 2. The average Bonchev–Trinajstić information content (AvgIpc) is 2.59. The number of carbonyl (C=O) groups is 4. The molecule has 0 rings (SSSR count). The Bertz CT molecular complexity index is 512. The Morgan fingerprint density at radius 2 is 1.65 bits per heavy atom. The summed E-state index contributed by atoms with van der Waals surface area (Å²) in [5, 5.41) is 33.7. The zero-order valence-corrected chi connectivity index (χ0v) is 15.1. The van der Waals surface area contributed by atoms with Crippen molar-refractivity contribution < 1.29 is 34.5 Å². The molecule has 0 heterocycles. The van der Waals surface area contributed by atoms with Crippen LogP contribution in [0, 0.1) is 5.92 Å². The van der Waals surface area contributed by atoms with E-state index in [1.807, 2.05) is 5.32 Å². The van der Waals surface area contributed by atoms with Gasteiger partial charge in [0.1, 0.15) is 18.1 Å². The van der Waals surface area contributed by atoms with Crippen LogP contribution >= 0.6 is 0 Å². The predicted octanol–water partition coefficient (Wildman–Crippen LogP) is -3.10. The Morgan fingerprint density at radius 1 is 1.08 bits per heavy atom. The molecule has 0 fully saturated rings. The van der Waals surface area contributed by atoms with Gasteiger partial charge in [0, 0.05) is 0 Å². The lowest BCUT2D eigenvalue weighted by molar-refractivity contribution is -0.142. The second kappa shape index (κ2) is 11.4. The van der Waals surface area contributed by atoms with Crippen molar-refractivity contribution in [1.29, 1.82) is 0 Å². The lowest BCUT2D eigenvalue weighted by Gasteiger charge is -2.25. The number of amides is 3. The largest absolute Gasteiger partial charge is 0.480 e. The SMILES string of the molecule is CC[C@@H](C)[C@@H](NC(=O)[C@@H](N)[C@@H](C)O)C(=O)NCC(=O)N[C@H](CO)C(=O)O. The summed E-state index contributed by atoms with van der Waals surface area (Å²) in [5.41, 5.74) is 5.53. The standard InChI is InChI=1S/C15H28N4O7/c1-4-7(2)12(19-13(23)11(16)8(3)21)14(24)17-5-10(22)18-9(6-20)15(25)26/h7-9,11-12,20-21H,4-6,16H2,1-3H3,(H,17,24)(H,18,22)(H,19,23)(H,25,26)/t7-,8-,9-,11+,12-/m1/s1. The van der Waals surface area contributed by atoms with Crippen LogP contribution in [0.15, 0.2) is 0 Å². The molecule has 0 aliphatic rings. The average molecular weight is 376 g/mol. The van der Waals surface area contributed by atoms with Gasteiger partial charge in [-0.15, -0.1) is 0 Å². The summed E-state index contributed by atoms with van der Waals surface area (Å²) in [4.78, 5) is 46.7. The van der Waals surface area contributed by atoms with Gasteiger partial charge < -0.3 is 37.0 Å². The van der Waals surface area contributed by atoms with Crippen molar-refractivity contribution in [3.05, 3.63) is 0 Å². The predicted molar refractivity (Wildman–Crippen MR) is 90.7 cm³/mol. The van der Waals surface area contributed by atoms with Crippen LogP contribution in [0.1, 0.15) is 27.2 Å². The Morgan fingerprint density at radius 3 is 2.08 bits per heavy atom. The smallest absolute Gasteiger partial charge is 0.328 e. The molecule has 0 radical (unpaired) electrons. The molecule has 0 spiro atoms. The molecule has 0 aromatic heterocycles. The zero-order valence-electron chi connectivity index (χ0n) is 15.1. The second-order valence-electron chi connectivity index (χ2n) is 6.00. The van der Waals surface area contributed by atoms with E-state index in [4.69, 9.17) is 15.9 Å². The van der Waals surface area contributed by atoms with Gasteiger partial charge in [0.2, 0.25) is 17.7 Å². The molecule has 150 valence electrons. The normalized spacial score (nSPS) is 16.5. The Hall–Kier alpha value is -2.24. The maximum Gasteiger partial charge on any atom is 0.328 e. The van der Waals surface area contributed by atoms with Gasteiger partial charge in [0.25, 0.3) is 0 Å². The van der Waals surface area contributed by atoms with Gasteiger partial charge in [0.15, 0.2) is 0 Å². The zero-order chi connectivity index (χ0) is 20.4. The minimum absolute atomic E-state index is 0.285. The summed E-state index contributed by atoms with van der Waals surface area (Å²) >= 11 is 0. The van der Waals surface area contributed by atoms with Gasteiger partial charge in [-0.05, 0) is 12.8 Å². The van der Waals surface area contributed by atoms with Crippen LogP contribution < -0.4 is 21.7 Å². The minimum atomic E-state index is -1.48. The lowest BCUT2D eigenvalue weighted by atomic mass is 9.97. The van der Waals surface area contributed by atoms with E-state index in [9.17, 15) is 24.3 Å². The van der Waals surface area contributed by atoms with Crippen molar-refractivity contribution in [2.75, 3.05) is 13.2 Å². The molecule has 11 heteroatoms. The third-order valence-electron chi connectivity index (χ3n) is 3.85. The highest BCUT2D eigenvalue weighted by molar-refractivity contribution is 5.92. The molecule has 8 N–H and O–H groups in total. The van der Waals surface area contributed by atoms with Gasteiger partial charge >= 0.3 is 5.97 Å². The van der Waals surface area contributed by atoms with Crippen molar-refractivity contribution in [3.8, 4) is 0 Å². The molecule has 0 bridgehead atoms. The summed E-state index contributed by atoms with van der Waals surface area (Å²) in [6.07, 6.45) is -0.562. The summed E-state index contributed by atoms with van der Waals surface area (Å²) < 4.78 is 0. The molecule has 11 nitrogen and oxygen atoms in total. The lowest BCUT2D eigenvalue weighted by Crippen LogP contribution is -2.57. The highest BCUT2D eigenvalue weighted by atomic mass is 16.4. The molecule has 0 aliphatic heterocycles. The molecule has 26 heavy (non-hydrogen) atoms. The number of nitrogens with two attached hydrogens (primary N) is 1. The Kier molecular flexibility index (Phi) is 10.4. The Balaban J connectivity index is 4.82. The molecule has 5 atom stereocenters. The monoisotopic (exact) mass is 376 g/mol. The van der Waals surface area contributed by atoms with E-state index in [0.717, 1.165) is 0 Å². The first kappa shape index (κ1) is 23.8. The highest BCUT2D eigenvalue weighted by Crippen LogP contribution is 2.08. The van der Waals surface area contributed by atoms with Crippen LogP contribution in [0.25, 0.3) is 0 Å². The minimum Gasteiger partial charge on any atom is -0.480 e. The van der Waals surface area contributed by atoms with E-state index < -0.39 is 61.1 Å². The molecule has 0 aromatic carbocycles. The van der Waals surface area contributed by atoms with Crippen LogP contribution in [0.4, 0.5) is 0 Å². The number of carbonyl (C=O) groups excluding carboxylic acids is 3. The first-order chi connectivity index (χ1) is 12.0. The van der Waals surface area contributed by atoms with Gasteiger partial charge in [-0.1, -0.05) is 20.3 Å². The number of aliphatic hydroxyl groups is 2. The number of carboxylic acid groups (broad SMARTS) is 1. The van der Waals surface area contributed by atoms with E-state index in [-0.39, 0.29) is 5.92 Å². The topological polar surface area (TPSA) is 191 Å². The van der Waals surface area contributed by atoms with E-state index in [1.165, 1.54) is 6.92 Å².